The van der Waals surface area contributed by atoms with Crippen molar-refractivity contribution in [2.75, 3.05) is 20.6 Å². The number of carbonyl (C=O) groups is 1. The molecule has 5 heteroatoms. The summed E-state index contributed by atoms with van der Waals surface area (Å²) in [7, 11) is 6.11. The van der Waals surface area contributed by atoms with Crippen LogP contribution in [0.3, 0.4) is 0 Å². The highest BCUT2D eigenvalue weighted by atomic mass is 19.1. The minimum Gasteiger partial charge on any atom is -0.353 e. The molecule has 4 nitrogen and oxygen atoms in total. The number of para-hydroxylation sites is 1. The minimum absolute atomic E-state index is 0.0335. The molecule has 1 aromatic heterocycles. The minimum atomic E-state index is -0.497. The number of nitrogens with zero attached hydrogens (tertiary/aromatic N) is 2. The Labute approximate surface area is 165 Å². The van der Waals surface area contributed by atoms with Crippen LogP contribution < -0.4 is 5.32 Å². The van der Waals surface area contributed by atoms with Crippen LogP contribution in [-0.4, -0.2) is 36.0 Å². The lowest BCUT2D eigenvalue weighted by atomic mass is 9.94. The highest BCUT2D eigenvalue weighted by Gasteiger charge is 2.51. The van der Waals surface area contributed by atoms with Crippen LogP contribution in [0.5, 0.6) is 0 Å². The van der Waals surface area contributed by atoms with Gasteiger partial charge in [-0.05, 0) is 56.3 Å². The second-order valence-electron chi connectivity index (χ2n) is 7.99. The molecule has 0 saturated heterocycles. The van der Waals surface area contributed by atoms with Gasteiger partial charge in [0.25, 0.3) is 0 Å². The number of rotatable bonds is 6. The summed E-state index contributed by atoms with van der Waals surface area (Å²) in [5.74, 6) is -0.241. The Kier molecular flexibility index (Phi) is 4.71. The molecule has 1 heterocycles. The first-order valence-corrected chi connectivity index (χ1v) is 9.67. The number of fused-ring (bicyclic) bond motifs is 1. The van der Waals surface area contributed by atoms with Crippen molar-refractivity contribution in [3.05, 3.63) is 71.7 Å². The molecule has 0 unspecified atom stereocenters. The molecule has 1 aliphatic carbocycles. The Morgan fingerprint density at radius 1 is 1.18 bits per heavy atom. The van der Waals surface area contributed by atoms with E-state index < -0.39 is 5.41 Å². The molecule has 0 aliphatic heterocycles. The molecule has 1 aliphatic rings. The van der Waals surface area contributed by atoms with E-state index in [1.54, 1.807) is 12.1 Å². The fraction of sp³-hybridized carbons (Fsp3) is 0.348. The van der Waals surface area contributed by atoms with E-state index >= 15 is 0 Å². The third-order valence-corrected chi connectivity index (χ3v) is 5.95. The molecule has 1 fully saturated rings. The molecule has 1 saturated carbocycles. The largest absolute Gasteiger partial charge is 0.353 e. The van der Waals surface area contributed by atoms with E-state index in [1.165, 1.54) is 28.6 Å². The van der Waals surface area contributed by atoms with Crippen molar-refractivity contribution >= 4 is 16.8 Å². The number of likely N-dealkylation sites (N-methyl/N-ethyl adjacent to an activating group) is 1. The molecule has 3 aromatic rings. The summed E-state index contributed by atoms with van der Waals surface area (Å²) in [5, 5.41) is 4.37. The zero-order valence-electron chi connectivity index (χ0n) is 16.6. The summed E-state index contributed by atoms with van der Waals surface area (Å²) in [6.45, 7) is 0.531. The Morgan fingerprint density at radius 3 is 2.50 bits per heavy atom. The van der Waals surface area contributed by atoms with Gasteiger partial charge in [0.05, 0.1) is 11.5 Å². The van der Waals surface area contributed by atoms with Crippen molar-refractivity contribution in [2.45, 2.75) is 24.3 Å². The molecule has 1 N–H and O–H groups in total. The first kappa shape index (κ1) is 18.7. The van der Waals surface area contributed by atoms with Crippen molar-refractivity contribution in [1.29, 1.82) is 0 Å². The molecule has 4 rings (SSSR count). The number of hydrogen-bond donors (Lipinski definition) is 1. The number of benzene rings is 2. The van der Waals surface area contributed by atoms with Gasteiger partial charge in [0.15, 0.2) is 0 Å². The second kappa shape index (κ2) is 7.06. The summed E-state index contributed by atoms with van der Waals surface area (Å²) in [4.78, 5) is 15.1. The normalized spacial score (nSPS) is 16.3. The van der Waals surface area contributed by atoms with Gasteiger partial charge >= 0.3 is 0 Å². The van der Waals surface area contributed by atoms with Crippen LogP contribution in [-0.2, 0) is 17.3 Å². The highest BCUT2D eigenvalue weighted by Crippen LogP contribution is 2.48. The Balaban J connectivity index is 1.55. The number of halogens is 1. The first-order chi connectivity index (χ1) is 13.4. The average Bonchev–Trinajstić information content (AvgIpc) is 3.43. The van der Waals surface area contributed by atoms with Crippen molar-refractivity contribution in [1.82, 2.24) is 14.8 Å². The number of aromatic nitrogens is 1. The van der Waals surface area contributed by atoms with Crippen LogP contribution in [0, 0.1) is 5.82 Å². The van der Waals surface area contributed by atoms with Gasteiger partial charge in [0.2, 0.25) is 5.91 Å². The van der Waals surface area contributed by atoms with Gasteiger partial charge in [-0.3, -0.25) is 4.79 Å². The quantitative estimate of drug-likeness (QED) is 0.708. The molecule has 0 radical (unpaired) electrons. The summed E-state index contributed by atoms with van der Waals surface area (Å²) in [6.07, 6.45) is 3.77. The number of nitrogens with one attached hydrogen (secondary N) is 1. The van der Waals surface area contributed by atoms with E-state index in [-0.39, 0.29) is 17.8 Å². The molecule has 2 aromatic carbocycles. The molecule has 146 valence electrons. The Morgan fingerprint density at radius 2 is 1.86 bits per heavy atom. The zero-order valence-corrected chi connectivity index (χ0v) is 16.6. The van der Waals surface area contributed by atoms with Gasteiger partial charge < -0.3 is 14.8 Å². The van der Waals surface area contributed by atoms with Gasteiger partial charge in [0, 0.05) is 30.7 Å². The lowest BCUT2D eigenvalue weighted by Crippen LogP contribution is -2.40. The smallest absolute Gasteiger partial charge is 0.230 e. The zero-order chi connectivity index (χ0) is 19.9. The fourth-order valence-corrected chi connectivity index (χ4v) is 4.11. The van der Waals surface area contributed by atoms with Crippen molar-refractivity contribution in [2.24, 2.45) is 7.05 Å². The predicted molar refractivity (Wildman–Crippen MR) is 110 cm³/mol. The van der Waals surface area contributed by atoms with E-state index in [9.17, 15) is 9.18 Å². The van der Waals surface area contributed by atoms with Crippen molar-refractivity contribution in [3.63, 3.8) is 0 Å². The Hall–Kier alpha value is -2.66. The van der Waals surface area contributed by atoms with Gasteiger partial charge in [0.1, 0.15) is 5.82 Å². The first-order valence-electron chi connectivity index (χ1n) is 9.67. The lowest BCUT2D eigenvalue weighted by Gasteiger charge is -2.26. The number of carbonyl (C=O) groups excluding carboxylic acids is 1. The Bertz CT molecular complexity index is 1000. The molecule has 28 heavy (non-hydrogen) atoms. The fourth-order valence-electron chi connectivity index (χ4n) is 4.11. The highest BCUT2D eigenvalue weighted by molar-refractivity contribution is 5.91. The molecule has 0 spiro atoms. The summed E-state index contributed by atoms with van der Waals surface area (Å²) in [5.41, 5.74) is 2.79. The summed E-state index contributed by atoms with van der Waals surface area (Å²) < 4.78 is 15.4. The molecule has 1 amide bonds. The monoisotopic (exact) mass is 379 g/mol. The van der Waals surface area contributed by atoms with Gasteiger partial charge in [-0.1, -0.05) is 30.3 Å². The van der Waals surface area contributed by atoms with Crippen LogP contribution in [0.2, 0.25) is 0 Å². The van der Waals surface area contributed by atoms with Crippen LogP contribution in [0.1, 0.15) is 30.0 Å². The number of hydrogen-bond acceptors (Lipinski definition) is 2. The van der Waals surface area contributed by atoms with Crippen LogP contribution >= 0.6 is 0 Å². The SMILES string of the molecule is CN(C)[C@H](CNC(=O)C1(c2ccc(F)cc2)CC1)c1cn(C)c2ccccc12. The topological polar surface area (TPSA) is 37.3 Å². The van der Waals surface area contributed by atoms with Gasteiger partial charge in [-0.25, -0.2) is 4.39 Å². The average molecular weight is 379 g/mol. The van der Waals surface area contributed by atoms with Crippen LogP contribution in [0.15, 0.2) is 54.7 Å². The van der Waals surface area contributed by atoms with Crippen molar-refractivity contribution in [3.8, 4) is 0 Å². The van der Waals surface area contributed by atoms with Crippen molar-refractivity contribution < 1.29 is 9.18 Å². The maximum absolute atomic E-state index is 13.2. The summed E-state index contributed by atoms with van der Waals surface area (Å²) >= 11 is 0. The molecule has 0 bridgehead atoms. The molecule has 1 atom stereocenters. The molecular weight excluding hydrogens is 353 g/mol. The van der Waals surface area contributed by atoms with Gasteiger partial charge in [-0.15, -0.1) is 0 Å². The van der Waals surface area contributed by atoms with E-state index in [0.717, 1.165) is 18.4 Å². The predicted octanol–water partition coefficient (Wildman–Crippen LogP) is 3.77. The third kappa shape index (κ3) is 3.20. The maximum Gasteiger partial charge on any atom is 0.230 e. The molecular formula is C23H26FN3O. The number of aryl methyl sites for hydroxylation is 1. The number of amides is 1. The van der Waals surface area contributed by atoms with E-state index in [2.05, 4.69) is 33.1 Å². The van der Waals surface area contributed by atoms with E-state index in [4.69, 9.17) is 0 Å². The van der Waals surface area contributed by atoms with E-state index in [1.807, 2.05) is 33.3 Å². The maximum atomic E-state index is 13.2. The van der Waals surface area contributed by atoms with E-state index in [0.29, 0.717) is 6.54 Å². The van der Waals surface area contributed by atoms with Crippen LogP contribution in [0.4, 0.5) is 4.39 Å². The second-order valence-corrected chi connectivity index (χ2v) is 7.99. The van der Waals surface area contributed by atoms with Gasteiger partial charge in [-0.2, -0.15) is 0 Å². The van der Waals surface area contributed by atoms with Crippen LogP contribution in [0.25, 0.3) is 10.9 Å². The standard InChI is InChI=1S/C23H26FN3O/c1-26(2)21(19-15-27(3)20-7-5-4-6-18(19)20)14-25-22(28)23(12-13-23)16-8-10-17(24)11-9-16/h4-11,15,21H,12-14H2,1-3H3,(H,25,28)/t21-/m1/s1. The lowest BCUT2D eigenvalue weighted by molar-refractivity contribution is -0.123. The summed E-state index contributed by atoms with van der Waals surface area (Å²) in [6, 6.07) is 14.7. The third-order valence-electron chi connectivity index (χ3n) is 5.95.